The first kappa shape index (κ1) is 11.9. The van der Waals surface area contributed by atoms with Gasteiger partial charge in [0.25, 0.3) is 0 Å². The Morgan fingerprint density at radius 2 is 2.31 bits per heavy atom. The predicted octanol–water partition coefficient (Wildman–Crippen LogP) is 0.396. The first-order valence-electron chi connectivity index (χ1n) is 3.60. The standard InChI is InChI=1S/C7H12N2O3S/c1-4-6(11)8-7(9-12-2)13(3)5-10/h4H2,1-3H3,(H,8,9,11). The van der Waals surface area contributed by atoms with Gasteiger partial charge in [-0.3, -0.25) is 4.79 Å². The lowest BCUT2D eigenvalue weighted by molar-refractivity contribution is -0.119. The van der Waals surface area contributed by atoms with E-state index in [-0.39, 0.29) is 11.1 Å². The fraction of sp³-hybridized carbons (Fsp3) is 0.571. The molecule has 0 bridgehead atoms. The molecule has 0 aromatic carbocycles. The van der Waals surface area contributed by atoms with Gasteiger partial charge in [0, 0.05) is 6.42 Å². The summed E-state index contributed by atoms with van der Waals surface area (Å²) in [6, 6.07) is 0. The molecule has 5 nitrogen and oxygen atoms in total. The second kappa shape index (κ2) is 6.39. The molecule has 0 spiro atoms. The molecule has 0 radical (unpaired) electrons. The van der Waals surface area contributed by atoms with Gasteiger partial charge in [0.15, 0.2) is 5.23 Å². The van der Waals surface area contributed by atoms with Crippen LogP contribution < -0.4 is 5.32 Å². The van der Waals surface area contributed by atoms with E-state index in [1.807, 2.05) is 0 Å². The number of nitrogens with one attached hydrogen (secondary N) is 1. The highest BCUT2D eigenvalue weighted by Crippen LogP contribution is 2.04. The van der Waals surface area contributed by atoms with Crippen LogP contribution in [0.25, 0.3) is 0 Å². The second-order valence-corrected chi connectivity index (χ2v) is 3.65. The topological polar surface area (TPSA) is 67.8 Å². The Morgan fingerprint density at radius 3 is 2.69 bits per heavy atom. The van der Waals surface area contributed by atoms with E-state index in [2.05, 4.69) is 15.3 Å². The van der Waals surface area contributed by atoms with Gasteiger partial charge in [0.05, 0.1) is 0 Å². The van der Waals surface area contributed by atoms with Crippen LogP contribution in [0.15, 0.2) is 5.16 Å². The van der Waals surface area contributed by atoms with E-state index in [0.717, 1.165) is 0 Å². The molecule has 1 atom stereocenters. The number of hydrogen-bond donors (Lipinski definition) is 1. The minimum absolute atomic E-state index is 0.203. The van der Waals surface area contributed by atoms with Crippen molar-refractivity contribution in [2.24, 2.45) is 5.16 Å². The first-order chi connectivity index (χ1) is 6.15. The Kier molecular flexibility index (Phi) is 5.84. The van der Waals surface area contributed by atoms with Crippen molar-refractivity contribution in [2.45, 2.75) is 13.3 Å². The van der Waals surface area contributed by atoms with Gasteiger partial charge < -0.3 is 10.2 Å². The molecule has 1 unspecified atom stereocenters. The van der Waals surface area contributed by atoms with Crippen LogP contribution in [0.1, 0.15) is 13.3 Å². The fourth-order valence-electron chi connectivity index (χ4n) is 0.485. The molecule has 1 N–H and O–H groups in total. The number of rotatable bonds is 2. The Labute approximate surface area is 79.1 Å². The third-order valence-corrected chi connectivity index (χ3v) is 2.16. The lowest BCUT2D eigenvalue weighted by atomic mass is 10.5. The molecule has 0 saturated heterocycles. The third kappa shape index (κ3) is 4.45. The van der Waals surface area contributed by atoms with Crippen molar-refractivity contribution in [3.05, 3.63) is 0 Å². The molecule has 0 aliphatic rings. The van der Waals surface area contributed by atoms with Gasteiger partial charge >= 0.3 is 0 Å². The van der Waals surface area contributed by atoms with Crippen LogP contribution in [0.5, 0.6) is 0 Å². The molecular weight excluding hydrogens is 192 g/mol. The Bertz CT molecular complexity index is 269. The highest BCUT2D eigenvalue weighted by molar-refractivity contribution is 8.26. The molecular formula is C7H12N2O3S. The van der Waals surface area contributed by atoms with Gasteiger partial charge in [-0.05, 0) is 16.7 Å². The van der Waals surface area contributed by atoms with Crippen molar-refractivity contribution in [2.75, 3.05) is 13.4 Å². The number of amides is 1. The minimum atomic E-state index is -0.849. The van der Waals surface area contributed by atoms with Gasteiger partial charge in [-0.15, -0.1) is 0 Å². The Morgan fingerprint density at radius 1 is 1.69 bits per heavy atom. The van der Waals surface area contributed by atoms with Crippen LogP contribution in [-0.4, -0.2) is 29.7 Å². The van der Waals surface area contributed by atoms with E-state index in [4.69, 9.17) is 0 Å². The lowest BCUT2D eigenvalue weighted by Gasteiger charge is -2.04. The summed E-state index contributed by atoms with van der Waals surface area (Å²) in [5.41, 5.74) is 0. The van der Waals surface area contributed by atoms with Crippen LogP contribution >= 0.6 is 10.5 Å². The van der Waals surface area contributed by atoms with E-state index in [9.17, 15) is 9.59 Å². The Hall–Kier alpha value is -1.13. The smallest absolute Gasteiger partial charge is 0.225 e. The summed E-state index contributed by atoms with van der Waals surface area (Å²) >= 11 is 0. The van der Waals surface area contributed by atoms with Gasteiger partial charge in [-0.25, -0.2) is 4.79 Å². The van der Waals surface area contributed by atoms with Crippen LogP contribution in [-0.2, 0) is 14.4 Å². The fourth-order valence-corrected chi connectivity index (χ4v) is 1.02. The maximum Gasteiger partial charge on any atom is 0.225 e. The SMILES string of the molecule is CCC(=O)NC(=NOC)S(C)=C=O. The average molecular weight is 204 g/mol. The third-order valence-electron chi connectivity index (χ3n) is 1.16. The highest BCUT2D eigenvalue weighted by atomic mass is 32.2. The lowest BCUT2D eigenvalue weighted by Crippen LogP contribution is -2.28. The first-order valence-corrected chi connectivity index (χ1v) is 5.23. The van der Waals surface area contributed by atoms with Crippen molar-refractivity contribution in [3.63, 3.8) is 0 Å². The van der Waals surface area contributed by atoms with E-state index < -0.39 is 10.5 Å². The zero-order valence-corrected chi connectivity index (χ0v) is 8.60. The van der Waals surface area contributed by atoms with Crippen LogP contribution in [0.4, 0.5) is 0 Å². The van der Waals surface area contributed by atoms with E-state index in [0.29, 0.717) is 6.42 Å². The van der Waals surface area contributed by atoms with Gasteiger partial charge in [0.2, 0.25) is 11.1 Å². The number of hydrogen-bond acceptors (Lipinski definition) is 4. The quantitative estimate of drug-likeness (QED) is 0.306. The molecule has 0 aliphatic heterocycles. The van der Waals surface area contributed by atoms with E-state index in [1.165, 1.54) is 7.11 Å². The largest absolute Gasteiger partial charge is 0.397 e. The van der Waals surface area contributed by atoms with Crippen LogP contribution in [0, 0.1) is 0 Å². The number of carbonyl (C=O) groups excluding carboxylic acids is 2. The molecule has 74 valence electrons. The molecule has 13 heavy (non-hydrogen) atoms. The minimum Gasteiger partial charge on any atom is -0.397 e. The van der Waals surface area contributed by atoms with Gasteiger partial charge in [0.1, 0.15) is 7.11 Å². The zero-order chi connectivity index (χ0) is 10.3. The number of nitrogens with zero attached hydrogens (tertiary/aromatic N) is 1. The summed E-state index contributed by atoms with van der Waals surface area (Å²) in [5, 5.41) is 7.92. The van der Waals surface area contributed by atoms with Crippen molar-refractivity contribution in [1.29, 1.82) is 0 Å². The van der Waals surface area contributed by atoms with Crippen LogP contribution in [0.2, 0.25) is 0 Å². The molecule has 0 heterocycles. The molecule has 0 rings (SSSR count). The second-order valence-electron chi connectivity index (χ2n) is 2.07. The maximum atomic E-state index is 10.9. The molecule has 0 saturated carbocycles. The molecule has 0 fully saturated rings. The van der Waals surface area contributed by atoms with Gasteiger partial charge in [-0.2, -0.15) is 0 Å². The van der Waals surface area contributed by atoms with Crippen molar-refractivity contribution < 1.29 is 14.4 Å². The molecule has 0 aromatic rings. The van der Waals surface area contributed by atoms with E-state index >= 15 is 0 Å². The van der Waals surface area contributed by atoms with Crippen molar-refractivity contribution in [3.8, 4) is 0 Å². The molecule has 1 amide bonds. The number of amidine groups is 1. The maximum absolute atomic E-state index is 10.9. The monoisotopic (exact) mass is 204 g/mol. The normalized spacial score (nSPS) is 13.0. The van der Waals surface area contributed by atoms with Crippen molar-refractivity contribution >= 4 is 26.8 Å². The predicted molar refractivity (Wildman–Crippen MR) is 52.1 cm³/mol. The van der Waals surface area contributed by atoms with E-state index in [1.54, 1.807) is 18.4 Å². The summed E-state index contributed by atoms with van der Waals surface area (Å²) in [5.74, 6) is -0.203. The number of oxime groups is 1. The molecule has 6 heteroatoms. The zero-order valence-electron chi connectivity index (χ0n) is 7.79. The van der Waals surface area contributed by atoms with Crippen molar-refractivity contribution in [1.82, 2.24) is 5.32 Å². The summed E-state index contributed by atoms with van der Waals surface area (Å²) < 4.78 is 0. The number of carbonyl (C=O) groups is 1. The van der Waals surface area contributed by atoms with Gasteiger partial charge in [-0.1, -0.05) is 12.1 Å². The highest BCUT2D eigenvalue weighted by Gasteiger charge is 2.06. The molecule has 0 aliphatic carbocycles. The summed E-state index contributed by atoms with van der Waals surface area (Å²) in [7, 11) is 0.498. The average Bonchev–Trinajstić information content (AvgIpc) is 2.15. The molecule has 0 aromatic heterocycles. The summed E-state index contributed by atoms with van der Waals surface area (Å²) in [4.78, 5) is 25.7. The Balaban J connectivity index is 4.55. The van der Waals surface area contributed by atoms with Crippen LogP contribution in [0.3, 0.4) is 0 Å². The summed E-state index contributed by atoms with van der Waals surface area (Å²) in [6.07, 6.45) is 1.93. The summed E-state index contributed by atoms with van der Waals surface area (Å²) in [6.45, 7) is 1.71.